The molecule has 0 unspecified atom stereocenters. The molecule has 3 heteroatoms. The van der Waals surface area contributed by atoms with Crippen molar-refractivity contribution in [3.63, 3.8) is 0 Å². The van der Waals surface area contributed by atoms with E-state index in [4.69, 9.17) is 21.7 Å². The first-order valence-electron chi connectivity index (χ1n) is 8.37. The third-order valence-corrected chi connectivity index (χ3v) is 4.36. The van der Waals surface area contributed by atoms with Crippen LogP contribution in [0.2, 0.25) is 5.02 Å². The molecular formula is C20H26ClNO. The number of benzene rings is 1. The van der Waals surface area contributed by atoms with Gasteiger partial charge in [-0.05, 0) is 61.8 Å². The van der Waals surface area contributed by atoms with Crippen LogP contribution in [0.4, 0.5) is 0 Å². The first-order valence-corrected chi connectivity index (χ1v) is 8.75. The fourth-order valence-corrected chi connectivity index (χ4v) is 2.84. The summed E-state index contributed by atoms with van der Waals surface area (Å²) in [5.74, 6) is 0.662. The Balaban J connectivity index is 2.41. The molecule has 1 heterocycles. The highest BCUT2D eigenvalue weighted by atomic mass is 35.5. The minimum absolute atomic E-state index is 0.222. The number of aliphatic hydroxyl groups excluding tert-OH is 1. The van der Waals surface area contributed by atoms with Gasteiger partial charge in [-0.1, -0.05) is 43.6 Å². The van der Waals surface area contributed by atoms with Gasteiger partial charge in [0.25, 0.3) is 0 Å². The fourth-order valence-electron chi connectivity index (χ4n) is 2.71. The number of aromatic nitrogens is 1. The topological polar surface area (TPSA) is 33.1 Å². The molecule has 0 fully saturated rings. The molecule has 0 aliphatic heterocycles. The van der Waals surface area contributed by atoms with Crippen LogP contribution < -0.4 is 0 Å². The van der Waals surface area contributed by atoms with Crippen molar-refractivity contribution in [3.8, 4) is 11.3 Å². The molecule has 1 aromatic carbocycles. The Morgan fingerprint density at radius 2 is 1.78 bits per heavy atom. The summed E-state index contributed by atoms with van der Waals surface area (Å²) in [6.07, 6.45) is 3.83. The highest BCUT2D eigenvalue weighted by Crippen LogP contribution is 2.27. The second-order valence-electron chi connectivity index (χ2n) is 6.51. The van der Waals surface area contributed by atoms with Gasteiger partial charge in [-0.2, -0.15) is 0 Å². The van der Waals surface area contributed by atoms with Crippen molar-refractivity contribution in [2.75, 3.05) is 6.61 Å². The Morgan fingerprint density at radius 3 is 2.39 bits per heavy atom. The number of aliphatic hydroxyl groups is 1. The van der Waals surface area contributed by atoms with Gasteiger partial charge >= 0.3 is 0 Å². The van der Waals surface area contributed by atoms with Gasteiger partial charge in [-0.25, -0.2) is 0 Å². The largest absolute Gasteiger partial charge is 0.396 e. The first kappa shape index (κ1) is 18.0. The Morgan fingerprint density at radius 1 is 1.09 bits per heavy atom. The lowest BCUT2D eigenvalue weighted by molar-refractivity contribution is 0.288. The van der Waals surface area contributed by atoms with E-state index in [0.29, 0.717) is 5.92 Å². The zero-order valence-electron chi connectivity index (χ0n) is 14.3. The highest BCUT2D eigenvalue weighted by molar-refractivity contribution is 6.30. The summed E-state index contributed by atoms with van der Waals surface area (Å²) >= 11 is 6.01. The predicted octanol–water partition coefficient (Wildman–Crippen LogP) is 5.22. The standard InChI is InChI=1S/C20H26ClNO/c1-14(2)6-7-18-13-17(5-4-12-23)15(3)22-20(18)16-8-10-19(21)11-9-16/h8-11,13-14,23H,4-7,12H2,1-3H3. The molecule has 0 saturated heterocycles. The average Bonchev–Trinajstić information content (AvgIpc) is 2.53. The van der Waals surface area contributed by atoms with Gasteiger partial charge in [0, 0.05) is 22.9 Å². The van der Waals surface area contributed by atoms with Crippen molar-refractivity contribution in [1.82, 2.24) is 4.98 Å². The zero-order chi connectivity index (χ0) is 16.8. The summed E-state index contributed by atoms with van der Waals surface area (Å²) in [4.78, 5) is 4.88. The molecule has 0 aliphatic carbocycles. The normalized spacial score (nSPS) is 11.2. The van der Waals surface area contributed by atoms with Crippen molar-refractivity contribution < 1.29 is 5.11 Å². The van der Waals surface area contributed by atoms with Crippen LogP contribution in [0.15, 0.2) is 30.3 Å². The van der Waals surface area contributed by atoms with Crippen LogP contribution in [0.5, 0.6) is 0 Å². The maximum Gasteiger partial charge on any atom is 0.0737 e. The van der Waals surface area contributed by atoms with Crippen LogP contribution in [0.3, 0.4) is 0 Å². The number of halogens is 1. The van der Waals surface area contributed by atoms with E-state index in [0.717, 1.165) is 47.7 Å². The summed E-state index contributed by atoms with van der Waals surface area (Å²) in [6, 6.07) is 10.2. The van der Waals surface area contributed by atoms with E-state index in [2.05, 4.69) is 26.8 Å². The Kier molecular flexibility index (Phi) is 6.61. The molecule has 2 aromatic rings. The third-order valence-electron chi connectivity index (χ3n) is 4.11. The number of nitrogens with zero attached hydrogens (tertiary/aromatic N) is 1. The molecule has 0 amide bonds. The molecule has 0 radical (unpaired) electrons. The van der Waals surface area contributed by atoms with E-state index in [1.165, 1.54) is 11.1 Å². The van der Waals surface area contributed by atoms with Crippen molar-refractivity contribution in [1.29, 1.82) is 0 Å². The maximum atomic E-state index is 9.09. The molecule has 0 spiro atoms. The molecular weight excluding hydrogens is 306 g/mol. The van der Waals surface area contributed by atoms with Crippen molar-refractivity contribution in [2.24, 2.45) is 5.92 Å². The Hall–Kier alpha value is -1.38. The number of aryl methyl sites for hydroxylation is 3. The van der Waals surface area contributed by atoms with E-state index >= 15 is 0 Å². The number of pyridine rings is 1. The molecule has 23 heavy (non-hydrogen) atoms. The quantitative estimate of drug-likeness (QED) is 0.754. The predicted molar refractivity (Wildman–Crippen MR) is 98.0 cm³/mol. The van der Waals surface area contributed by atoms with Gasteiger partial charge < -0.3 is 5.11 Å². The minimum Gasteiger partial charge on any atom is -0.396 e. The summed E-state index contributed by atoms with van der Waals surface area (Å²) in [7, 11) is 0. The van der Waals surface area contributed by atoms with Crippen molar-refractivity contribution in [3.05, 3.63) is 52.2 Å². The van der Waals surface area contributed by atoms with Crippen LogP contribution in [-0.2, 0) is 12.8 Å². The number of hydrogen-bond donors (Lipinski definition) is 1. The van der Waals surface area contributed by atoms with Gasteiger partial charge in [0.1, 0.15) is 0 Å². The number of rotatable bonds is 7. The summed E-state index contributed by atoms with van der Waals surface area (Å²) in [5.41, 5.74) is 5.77. The lowest BCUT2D eigenvalue weighted by Gasteiger charge is -2.15. The van der Waals surface area contributed by atoms with E-state index in [1.807, 2.05) is 24.3 Å². The van der Waals surface area contributed by atoms with Crippen molar-refractivity contribution >= 4 is 11.6 Å². The average molecular weight is 332 g/mol. The zero-order valence-corrected chi connectivity index (χ0v) is 15.0. The van der Waals surface area contributed by atoms with Gasteiger partial charge in [0.05, 0.1) is 5.69 Å². The highest BCUT2D eigenvalue weighted by Gasteiger charge is 2.12. The molecule has 1 N–H and O–H groups in total. The summed E-state index contributed by atoms with van der Waals surface area (Å²) < 4.78 is 0. The van der Waals surface area contributed by atoms with Gasteiger partial charge in [-0.3, -0.25) is 4.98 Å². The van der Waals surface area contributed by atoms with Gasteiger partial charge in [0.2, 0.25) is 0 Å². The molecule has 0 atom stereocenters. The molecule has 2 nitrogen and oxygen atoms in total. The smallest absolute Gasteiger partial charge is 0.0737 e. The first-order chi connectivity index (χ1) is 11.0. The van der Waals surface area contributed by atoms with E-state index in [-0.39, 0.29) is 6.61 Å². The molecule has 1 aromatic heterocycles. The second kappa shape index (κ2) is 8.47. The minimum atomic E-state index is 0.222. The van der Waals surface area contributed by atoms with Crippen LogP contribution >= 0.6 is 11.6 Å². The molecule has 0 aliphatic rings. The van der Waals surface area contributed by atoms with Gasteiger partial charge in [0.15, 0.2) is 0 Å². The lowest BCUT2D eigenvalue weighted by atomic mass is 9.95. The van der Waals surface area contributed by atoms with Crippen LogP contribution in [0.25, 0.3) is 11.3 Å². The van der Waals surface area contributed by atoms with Crippen LogP contribution in [0, 0.1) is 12.8 Å². The van der Waals surface area contributed by atoms with E-state index < -0.39 is 0 Å². The molecule has 2 rings (SSSR count). The maximum absolute atomic E-state index is 9.09. The molecule has 0 bridgehead atoms. The molecule has 0 saturated carbocycles. The van der Waals surface area contributed by atoms with Crippen molar-refractivity contribution in [2.45, 2.75) is 46.5 Å². The van der Waals surface area contributed by atoms with E-state index in [9.17, 15) is 0 Å². The van der Waals surface area contributed by atoms with Crippen LogP contribution in [0.1, 0.15) is 43.5 Å². The third kappa shape index (κ3) is 5.05. The van der Waals surface area contributed by atoms with Gasteiger partial charge in [-0.15, -0.1) is 0 Å². The molecule has 124 valence electrons. The fraction of sp³-hybridized carbons (Fsp3) is 0.450. The number of hydrogen-bond acceptors (Lipinski definition) is 2. The Bertz CT molecular complexity index is 635. The summed E-state index contributed by atoms with van der Waals surface area (Å²) in [6.45, 7) is 6.77. The lowest BCUT2D eigenvalue weighted by Crippen LogP contribution is -2.03. The Labute approximate surface area is 144 Å². The second-order valence-corrected chi connectivity index (χ2v) is 6.94. The summed E-state index contributed by atoms with van der Waals surface area (Å²) in [5, 5.41) is 9.83. The van der Waals surface area contributed by atoms with E-state index in [1.54, 1.807) is 0 Å². The van der Waals surface area contributed by atoms with Crippen LogP contribution in [-0.4, -0.2) is 16.7 Å². The SMILES string of the molecule is Cc1nc(-c2ccc(Cl)cc2)c(CCC(C)C)cc1CCCO. The monoisotopic (exact) mass is 331 g/mol.